The number of urea groups is 1. The summed E-state index contributed by atoms with van der Waals surface area (Å²) < 4.78 is 65.0. The Morgan fingerprint density at radius 2 is 2.12 bits per heavy atom. The summed E-state index contributed by atoms with van der Waals surface area (Å²) in [6.45, 7) is 0.352. The van der Waals surface area contributed by atoms with E-state index >= 15 is 0 Å². The summed E-state index contributed by atoms with van der Waals surface area (Å²) in [5.74, 6) is 0.0631. The third-order valence-electron chi connectivity index (χ3n) is 4.95. The summed E-state index contributed by atoms with van der Waals surface area (Å²) in [6, 6.07) is 3.28. The number of hydrogen-bond donors (Lipinski definition) is 3. The molecule has 2 fully saturated rings. The van der Waals surface area contributed by atoms with Crippen LogP contribution in [0.5, 0.6) is 0 Å². The van der Waals surface area contributed by atoms with Gasteiger partial charge in [-0.25, -0.2) is 9.18 Å². The van der Waals surface area contributed by atoms with Gasteiger partial charge in [0.25, 0.3) is 5.89 Å². The fraction of sp³-hybridized carbons (Fsp3) is 0.389. The third kappa shape index (κ3) is 4.09. The lowest BCUT2D eigenvalue weighted by Gasteiger charge is -2.15. The van der Waals surface area contributed by atoms with Crippen molar-refractivity contribution >= 4 is 44.9 Å². The van der Waals surface area contributed by atoms with E-state index in [0.29, 0.717) is 15.8 Å². The van der Waals surface area contributed by atoms with Crippen LogP contribution in [-0.4, -0.2) is 53.7 Å². The Balaban J connectivity index is 1.56. The quantitative estimate of drug-likeness (QED) is 0.367. The van der Waals surface area contributed by atoms with E-state index in [-0.39, 0.29) is 53.0 Å². The van der Waals surface area contributed by atoms with Gasteiger partial charge in [0.15, 0.2) is 0 Å². The average Bonchev–Trinajstić information content (AvgIpc) is 3.50. The van der Waals surface area contributed by atoms with Crippen molar-refractivity contribution in [2.45, 2.75) is 28.7 Å². The standard InChI is InChI=1S/C18H15F4N5O3S2/c19-8-5-29-6-11(8)24-9-3-1-2-7-12(9)31-14(13(7)32-18(20,21)22)15-26-16(30-27-15)10-4-23-17(28)25-10/h1-3,8,10-11,24H,4-6H2,(H2,23,25,28)/t8-,10+,11+/m0/s1. The predicted molar refractivity (Wildman–Crippen MR) is 109 cm³/mol. The number of fused-ring (bicyclic) bond motifs is 1. The first-order chi connectivity index (χ1) is 15.3. The lowest BCUT2D eigenvalue weighted by atomic mass is 10.2. The minimum Gasteiger partial charge on any atom is -0.376 e. The zero-order valence-electron chi connectivity index (χ0n) is 16.0. The van der Waals surface area contributed by atoms with Crippen molar-refractivity contribution < 1.29 is 31.6 Å². The smallest absolute Gasteiger partial charge is 0.376 e. The number of anilines is 1. The lowest BCUT2D eigenvalue weighted by Crippen LogP contribution is -2.28. The van der Waals surface area contributed by atoms with Gasteiger partial charge in [-0.15, -0.1) is 11.3 Å². The molecule has 2 saturated heterocycles. The number of thiophene rings is 1. The van der Waals surface area contributed by atoms with Gasteiger partial charge >= 0.3 is 11.5 Å². The minimum atomic E-state index is -4.55. The molecule has 3 aromatic rings. The molecule has 3 N–H and O–H groups in total. The summed E-state index contributed by atoms with van der Waals surface area (Å²) in [4.78, 5) is 15.7. The van der Waals surface area contributed by atoms with E-state index in [1.54, 1.807) is 18.2 Å². The van der Waals surface area contributed by atoms with Gasteiger partial charge in [0, 0.05) is 16.8 Å². The number of rotatable bonds is 5. The molecule has 8 nitrogen and oxygen atoms in total. The first-order valence-electron chi connectivity index (χ1n) is 9.46. The number of nitrogens with zero attached hydrogens (tertiary/aromatic N) is 2. The summed E-state index contributed by atoms with van der Waals surface area (Å²) >= 11 is 0.783. The van der Waals surface area contributed by atoms with E-state index in [0.717, 1.165) is 11.3 Å². The number of benzene rings is 1. The number of alkyl halides is 4. The Morgan fingerprint density at radius 3 is 2.81 bits per heavy atom. The topological polar surface area (TPSA) is 101 Å². The van der Waals surface area contributed by atoms with Gasteiger partial charge in [0.1, 0.15) is 12.2 Å². The van der Waals surface area contributed by atoms with E-state index in [9.17, 15) is 22.4 Å². The van der Waals surface area contributed by atoms with Crippen LogP contribution in [0.2, 0.25) is 0 Å². The Labute approximate surface area is 186 Å². The van der Waals surface area contributed by atoms with Gasteiger partial charge in [-0.1, -0.05) is 17.3 Å². The van der Waals surface area contributed by atoms with Crippen LogP contribution in [0.15, 0.2) is 27.6 Å². The summed E-state index contributed by atoms with van der Waals surface area (Å²) in [6.07, 6.45) is -1.22. The highest BCUT2D eigenvalue weighted by Crippen LogP contribution is 2.50. The van der Waals surface area contributed by atoms with Gasteiger partial charge in [0.05, 0.1) is 34.5 Å². The molecule has 3 atom stereocenters. The maximum Gasteiger partial charge on any atom is 0.446 e. The third-order valence-corrected chi connectivity index (χ3v) is 7.18. The molecule has 4 heterocycles. The number of aromatic nitrogens is 2. The first kappa shape index (κ1) is 21.3. The van der Waals surface area contributed by atoms with E-state index in [1.807, 2.05) is 0 Å². The highest BCUT2D eigenvalue weighted by Gasteiger charge is 2.35. The summed E-state index contributed by atoms with van der Waals surface area (Å²) in [5, 5.41) is 12.4. The second-order valence-electron chi connectivity index (χ2n) is 7.16. The van der Waals surface area contributed by atoms with Gasteiger partial charge in [-0.2, -0.15) is 18.2 Å². The van der Waals surface area contributed by atoms with Gasteiger partial charge in [0.2, 0.25) is 5.82 Å². The molecule has 0 spiro atoms. The average molecular weight is 489 g/mol. The zero-order valence-corrected chi connectivity index (χ0v) is 17.7. The van der Waals surface area contributed by atoms with E-state index in [4.69, 9.17) is 9.26 Å². The van der Waals surface area contributed by atoms with Crippen LogP contribution in [0.3, 0.4) is 0 Å². The molecule has 0 unspecified atom stereocenters. The van der Waals surface area contributed by atoms with Crippen LogP contribution in [0.4, 0.5) is 28.0 Å². The van der Waals surface area contributed by atoms with Crippen molar-refractivity contribution in [3.8, 4) is 10.7 Å². The largest absolute Gasteiger partial charge is 0.446 e. The monoisotopic (exact) mass is 489 g/mol. The normalized spacial score (nSPS) is 23.5. The molecule has 32 heavy (non-hydrogen) atoms. The van der Waals surface area contributed by atoms with Crippen LogP contribution in [0.25, 0.3) is 20.8 Å². The number of amides is 2. The Hall–Kier alpha value is -2.58. The number of halogens is 4. The van der Waals surface area contributed by atoms with Crippen LogP contribution >= 0.6 is 23.1 Å². The second kappa shape index (κ2) is 8.08. The molecule has 2 aliphatic rings. The highest BCUT2D eigenvalue weighted by molar-refractivity contribution is 8.00. The number of ether oxygens (including phenoxy) is 1. The molecule has 0 radical (unpaired) electrons. The van der Waals surface area contributed by atoms with Crippen LogP contribution in [0, 0.1) is 0 Å². The van der Waals surface area contributed by atoms with Crippen molar-refractivity contribution in [1.29, 1.82) is 0 Å². The molecular weight excluding hydrogens is 474 g/mol. The Kier molecular flexibility index (Phi) is 5.37. The number of carbonyl (C=O) groups excluding carboxylic acids is 1. The summed E-state index contributed by atoms with van der Waals surface area (Å²) in [7, 11) is 0. The van der Waals surface area contributed by atoms with Crippen molar-refractivity contribution in [3.63, 3.8) is 0 Å². The number of thioether (sulfide) groups is 1. The van der Waals surface area contributed by atoms with Gasteiger partial charge in [-0.05, 0) is 17.8 Å². The van der Waals surface area contributed by atoms with Crippen LogP contribution in [-0.2, 0) is 4.74 Å². The van der Waals surface area contributed by atoms with E-state index in [1.165, 1.54) is 0 Å². The van der Waals surface area contributed by atoms with Crippen molar-refractivity contribution in [1.82, 2.24) is 20.8 Å². The van der Waals surface area contributed by atoms with Crippen LogP contribution in [0.1, 0.15) is 11.9 Å². The van der Waals surface area contributed by atoms with Crippen molar-refractivity contribution in [3.05, 3.63) is 24.1 Å². The molecule has 5 rings (SSSR count). The SMILES string of the molecule is O=C1NC[C@H](c2nc(-c3sc4c(N[C@@H]5COC[C@@H]5F)cccc4c3SC(F)(F)F)no2)N1. The fourth-order valence-electron chi connectivity index (χ4n) is 3.51. The number of carbonyl (C=O) groups is 1. The molecule has 0 saturated carbocycles. The highest BCUT2D eigenvalue weighted by atomic mass is 32.2. The van der Waals surface area contributed by atoms with Gasteiger partial charge < -0.3 is 25.2 Å². The number of hydrogen-bond acceptors (Lipinski definition) is 8. The second-order valence-corrected chi connectivity index (χ2v) is 9.25. The molecule has 2 amide bonds. The molecule has 170 valence electrons. The predicted octanol–water partition coefficient (Wildman–Crippen LogP) is 4.07. The Bertz CT molecular complexity index is 1170. The molecule has 2 aliphatic heterocycles. The molecule has 1 aromatic carbocycles. The molecular formula is C18H15F4N5O3S2. The van der Waals surface area contributed by atoms with E-state index < -0.39 is 29.8 Å². The van der Waals surface area contributed by atoms with Crippen molar-refractivity contribution in [2.24, 2.45) is 0 Å². The lowest BCUT2D eigenvalue weighted by molar-refractivity contribution is -0.0327. The van der Waals surface area contributed by atoms with Crippen molar-refractivity contribution in [2.75, 3.05) is 25.1 Å². The molecule has 0 bridgehead atoms. The Morgan fingerprint density at radius 1 is 1.28 bits per heavy atom. The van der Waals surface area contributed by atoms with Crippen LogP contribution < -0.4 is 16.0 Å². The summed E-state index contributed by atoms with van der Waals surface area (Å²) in [5.41, 5.74) is -4.05. The fourth-order valence-corrected chi connectivity index (χ4v) is 5.62. The molecule has 0 aliphatic carbocycles. The van der Waals surface area contributed by atoms with E-state index in [2.05, 4.69) is 26.1 Å². The molecule has 14 heteroatoms. The maximum atomic E-state index is 14.0. The minimum absolute atomic E-state index is 0.0207. The molecule has 2 aromatic heterocycles. The number of nitrogens with one attached hydrogen (secondary N) is 3. The maximum absolute atomic E-state index is 14.0. The first-order valence-corrected chi connectivity index (χ1v) is 11.1. The zero-order chi connectivity index (χ0) is 22.5. The van der Waals surface area contributed by atoms with Gasteiger partial charge in [-0.3, -0.25) is 0 Å².